The van der Waals surface area contributed by atoms with Crippen molar-refractivity contribution in [3.05, 3.63) is 35.9 Å². The van der Waals surface area contributed by atoms with Gasteiger partial charge in [-0.2, -0.15) is 0 Å². The predicted octanol–water partition coefficient (Wildman–Crippen LogP) is 2.39. The third-order valence-corrected chi connectivity index (χ3v) is 3.27. The zero-order valence-electron chi connectivity index (χ0n) is 11.8. The number of aliphatic carboxylic acids is 1. The van der Waals surface area contributed by atoms with Crippen LogP contribution >= 0.6 is 0 Å². The molecular weight excluding hydrogens is 242 g/mol. The van der Waals surface area contributed by atoms with E-state index in [2.05, 4.69) is 5.32 Å². The Morgan fingerprint density at radius 1 is 1.37 bits per heavy atom. The summed E-state index contributed by atoms with van der Waals surface area (Å²) in [6.45, 7) is 6.54. The summed E-state index contributed by atoms with van der Waals surface area (Å²) in [5.41, 5.74) is -0.466. The fourth-order valence-corrected chi connectivity index (χ4v) is 1.91. The number of hydrogen-bond acceptors (Lipinski definition) is 3. The van der Waals surface area contributed by atoms with E-state index in [1.54, 1.807) is 0 Å². The second-order valence-corrected chi connectivity index (χ2v) is 4.64. The van der Waals surface area contributed by atoms with E-state index in [9.17, 15) is 9.90 Å². The summed E-state index contributed by atoms with van der Waals surface area (Å²) < 4.78 is 5.68. The van der Waals surface area contributed by atoms with E-state index in [0.29, 0.717) is 12.1 Å². The molecule has 1 aromatic carbocycles. The Bertz CT molecular complexity index is 394. The van der Waals surface area contributed by atoms with Gasteiger partial charge in [-0.1, -0.05) is 44.2 Å². The van der Waals surface area contributed by atoms with Gasteiger partial charge in [0.1, 0.15) is 0 Å². The van der Waals surface area contributed by atoms with Crippen LogP contribution in [0.1, 0.15) is 32.8 Å². The molecule has 4 heteroatoms. The maximum Gasteiger partial charge on any atom is 0.331 e. The Labute approximate surface area is 114 Å². The van der Waals surface area contributed by atoms with Crippen LogP contribution in [-0.4, -0.2) is 30.3 Å². The van der Waals surface area contributed by atoms with Gasteiger partial charge in [0.2, 0.25) is 0 Å². The lowest BCUT2D eigenvalue weighted by Gasteiger charge is -2.31. The summed E-state index contributed by atoms with van der Waals surface area (Å²) in [4.78, 5) is 11.8. The summed E-state index contributed by atoms with van der Waals surface area (Å²) in [6.07, 6.45) is 0.900. The van der Waals surface area contributed by atoms with Crippen molar-refractivity contribution < 1.29 is 14.6 Å². The highest BCUT2D eigenvalue weighted by molar-refractivity contribution is 5.81. The molecule has 0 heterocycles. The van der Waals surface area contributed by atoms with Gasteiger partial charge >= 0.3 is 5.97 Å². The normalized spacial score (nSPS) is 15.7. The first-order chi connectivity index (χ1) is 9.06. The van der Waals surface area contributed by atoms with Crippen molar-refractivity contribution in [1.29, 1.82) is 0 Å². The molecule has 0 saturated carbocycles. The fourth-order valence-electron chi connectivity index (χ4n) is 1.91. The van der Waals surface area contributed by atoms with Crippen LogP contribution < -0.4 is 5.32 Å². The molecule has 0 aromatic heterocycles. The molecule has 1 rings (SSSR count). The van der Waals surface area contributed by atoms with Gasteiger partial charge in [0.25, 0.3) is 0 Å². The van der Waals surface area contributed by atoms with E-state index >= 15 is 0 Å². The molecule has 1 aromatic rings. The minimum absolute atomic E-state index is 0.0427. The summed E-state index contributed by atoms with van der Waals surface area (Å²) >= 11 is 0. The Hall–Kier alpha value is -1.39. The van der Waals surface area contributed by atoms with Gasteiger partial charge in [-0.05, 0) is 25.5 Å². The maximum atomic E-state index is 11.8. The molecular formula is C15H23NO3. The van der Waals surface area contributed by atoms with Crippen molar-refractivity contribution >= 4 is 5.97 Å². The zero-order chi connectivity index (χ0) is 14.3. The van der Waals surface area contributed by atoms with Crippen molar-refractivity contribution in [2.75, 3.05) is 13.2 Å². The largest absolute Gasteiger partial charge is 0.480 e. The van der Waals surface area contributed by atoms with Crippen LogP contribution in [-0.2, 0) is 15.1 Å². The van der Waals surface area contributed by atoms with Crippen LogP contribution in [0.4, 0.5) is 0 Å². The Morgan fingerprint density at radius 3 is 2.47 bits per heavy atom. The van der Waals surface area contributed by atoms with Crippen molar-refractivity contribution in [3.63, 3.8) is 0 Å². The average Bonchev–Trinajstić information content (AvgIpc) is 2.43. The lowest BCUT2D eigenvalue weighted by atomic mass is 9.90. The molecule has 19 heavy (non-hydrogen) atoms. The number of nitrogens with one attached hydrogen (secondary N) is 1. The molecule has 2 atom stereocenters. The van der Waals surface area contributed by atoms with Crippen LogP contribution in [0.25, 0.3) is 0 Å². The SMILES string of the molecule is CCNC(COC(C)CC)(C(=O)O)c1ccccc1. The zero-order valence-corrected chi connectivity index (χ0v) is 11.8. The highest BCUT2D eigenvalue weighted by atomic mass is 16.5. The molecule has 106 valence electrons. The number of benzene rings is 1. The van der Waals surface area contributed by atoms with Crippen LogP contribution in [0.3, 0.4) is 0 Å². The number of likely N-dealkylation sites (N-methyl/N-ethyl adjacent to an activating group) is 1. The monoisotopic (exact) mass is 265 g/mol. The number of ether oxygens (including phenoxy) is 1. The third kappa shape index (κ3) is 3.78. The van der Waals surface area contributed by atoms with Crippen LogP contribution in [0.15, 0.2) is 30.3 Å². The van der Waals surface area contributed by atoms with Gasteiger partial charge in [-0.25, -0.2) is 4.79 Å². The van der Waals surface area contributed by atoms with Gasteiger partial charge < -0.3 is 9.84 Å². The number of carboxylic acids is 1. The first-order valence-corrected chi connectivity index (χ1v) is 6.72. The molecule has 0 aliphatic carbocycles. The molecule has 0 bridgehead atoms. The van der Waals surface area contributed by atoms with Gasteiger partial charge in [0.15, 0.2) is 5.54 Å². The predicted molar refractivity (Wildman–Crippen MR) is 75.1 cm³/mol. The van der Waals surface area contributed by atoms with Gasteiger partial charge in [-0.15, -0.1) is 0 Å². The van der Waals surface area contributed by atoms with E-state index in [-0.39, 0.29) is 12.7 Å². The van der Waals surface area contributed by atoms with Crippen molar-refractivity contribution in [2.24, 2.45) is 0 Å². The lowest BCUT2D eigenvalue weighted by Crippen LogP contribution is -2.53. The summed E-state index contributed by atoms with van der Waals surface area (Å²) in [7, 11) is 0. The number of carbonyl (C=O) groups is 1. The molecule has 0 fully saturated rings. The van der Waals surface area contributed by atoms with Gasteiger partial charge in [-0.3, -0.25) is 5.32 Å². The number of rotatable bonds is 8. The van der Waals surface area contributed by atoms with Crippen LogP contribution in [0.2, 0.25) is 0 Å². The lowest BCUT2D eigenvalue weighted by molar-refractivity contribution is -0.149. The third-order valence-electron chi connectivity index (χ3n) is 3.27. The first kappa shape index (κ1) is 15.7. The quantitative estimate of drug-likeness (QED) is 0.757. The molecule has 2 unspecified atom stereocenters. The molecule has 0 spiro atoms. The molecule has 0 aliphatic heterocycles. The van der Waals surface area contributed by atoms with E-state index in [1.807, 2.05) is 51.1 Å². The molecule has 0 radical (unpaired) electrons. The minimum atomic E-state index is -1.18. The Morgan fingerprint density at radius 2 is 2.00 bits per heavy atom. The van der Waals surface area contributed by atoms with Crippen molar-refractivity contribution in [2.45, 2.75) is 38.8 Å². The Kier molecular flexibility index (Phi) is 5.99. The van der Waals surface area contributed by atoms with Gasteiger partial charge in [0, 0.05) is 0 Å². The summed E-state index contributed by atoms with van der Waals surface area (Å²) in [6, 6.07) is 9.19. The molecule has 0 saturated heterocycles. The molecule has 0 amide bonds. The standard InChI is InChI=1S/C15H23NO3/c1-4-12(3)19-11-15(14(17)18,16-5-2)13-9-7-6-8-10-13/h6-10,12,16H,4-5,11H2,1-3H3,(H,17,18). The van der Waals surface area contributed by atoms with Crippen molar-refractivity contribution in [3.8, 4) is 0 Å². The second kappa shape index (κ2) is 7.26. The Balaban J connectivity index is 3.04. The first-order valence-electron chi connectivity index (χ1n) is 6.72. The molecule has 2 N–H and O–H groups in total. The highest BCUT2D eigenvalue weighted by Crippen LogP contribution is 2.23. The van der Waals surface area contributed by atoms with E-state index in [1.165, 1.54) is 0 Å². The van der Waals surface area contributed by atoms with Gasteiger partial charge in [0.05, 0.1) is 12.7 Å². The minimum Gasteiger partial charge on any atom is -0.480 e. The number of carboxylic acid groups (broad SMARTS) is 1. The van der Waals surface area contributed by atoms with Crippen LogP contribution in [0.5, 0.6) is 0 Å². The van der Waals surface area contributed by atoms with E-state index in [0.717, 1.165) is 6.42 Å². The average molecular weight is 265 g/mol. The van der Waals surface area contributed by atoms with Crippen LogP contribution in [0, 0.1) is 0 Å². The highest BCUT2D eigenvalue weighted by Gasteiger charge is 2.40. The summed E-state index contributed by atoms with van der Waals surface area (Å²) in [5, 5.41) is 12.7. The molecule has 0 aliphatic rings. The van der Waals surface area contributed by atoms with E-state index < -0.39 is 11.5 Å². The van der Waals surface area contributed by atoms with E-state index in [4.69, 9.17) is 4.74 Å². The second-order valence-electron chi connectivity index (χ2n) is 4.64. The number of hydrogen-bond donors (Lipinski definition) is 2. The molecule has 4 nitrogen and oxygen atoms in total. The maximum absolute atomic E-state index is 11.8. The summed E-state index contributed by atoms with van der Waals surface area (Å²) in [5.74, 6) is -0.913. The fraction of sp³-hybridized carbons (Fsp3) is 0.533. The topological polar surface area (TPSA) is 58.6 Å². The smallest absolute Gasteiger partial charge is 0.331 e. The van der Waals surface area contributed by atoms with Crippen molar-refractivity contribution in [1.82, 2.24) is 5.32 Å².